The third-order valence-electron chi connectivity index (χ3n) is 7.12. The number of esters is 2. The van der Waals surface area contributed by atoms with Crippen molar-refractivity contribution in [3.8, 4) is 0 Å². The number of halogens is 1. The molecule has 1 aromatic carbocycles. The molecule has 28 heavy (non-hydrogen) atoms. The van der Waals surface area contributed by atoms with Crippen molar-refractivity contribution < 1.29 is 19.1 Å². The number of carbonyl (C=O) groups excluding carboxylic acids is 2. The lowest BCUT2D eigenvalue weighted by Gasteiger charge is -2.27. The first-order valence-electron chi connectivity index (χ1n) is 10.1. The molecule has 4 rings (SSSR count). The van der Waals surface area contributed by atoms with Crippen molar-refractivity contribution in [1.29, 1.82) is 0 Å². The van der Waals surface area contributed by atoms with Gasteiger partial charge in [0.1, 0.15) is 6.10 Å². The van der Waals surface area contributed by atoms with Crippen LogP contribution in [-0.4, -0.2) is 24.1 Å². The molecule has 0 amide bonds. The fraction of sp³-hybridized carbons (Fsp3) is 0.565. The van der Waals surface area contributed by atoms with Gasteiger partial charge in [-0.05, 0) is 67.6 Å². The Morgan fingerprint density at radius 1 is 1.39 bits per heavy atom. The van der Waals surface area contributed by atoms with Crippen molar-refractivity contribution in [3.63, 3.8) is 0 Å². The Morgan fingerprint density at radius 2 is 2.11 bits per heavy atom. The maximum atomic E-state index is 12.2. The molecule has 5 heteroatoms. The zero-order chi connectivity index (χ0) is 20.1. The molecular formula is C23H27BrO4. The third kappa shape index (κ3) is 3.66. The first-order chi connectivity index (χ1) is 13.3. The monoisotopic (exact) mass is 446 g/mol. The molecule has 2 unspecified atom stereocenters. The standard InChI is InChI=1S/C23H27BrO4/c1-13(27-21(25)10-15-5-7-16(24)8-6-15)4-9-18-19-11-17-14(2)22(26)28-20(17)12-23(18,19)3/h5-8,13,17-20H,2,4,9-12H2,1,3H3/t13?,17-,18?,19+,20-,23-/m1/s1. The van der Waals surface area contributed by atoms with Gasteiger partial charge >= 0.3 is 11.9 Å². The molecule has 150 valence electrons. The van der Waals surface area contributed by atoms with Crippen LogP contribution in [0.5, 0.6) is 0 Å². The van der Waals surface area contributed by atoms with Crippen molar-refractivity contribution in [2.45, 2.75) is 58.2 Å². The maximum absolute atomic E-state index is 12.2. The lowest BCUT2D eigenvalue weighted by Crippen LogP contribution is -2.26. The Balaban J connectivity index is 1.24. The molecule has 2 saturated carbocycles. The van der Waals surface area contributed by atoms with Crippen LogP contribution >= 0.6 is 15.9 Å². The van der Waals surface area contributed by atoms with E-state index in [1.165, 1.54) is 0 Å². The highest BCUT2D eigenvalue weighted by molar-refractivity contribution is 9.10. The van der Waals surface area contributed by atoms with Crippen LogP contribution in [-0.2, 0) is 25.5 Å². The van der Waals surface area contributed by atoms with Crippen molar-refractivity contribution >= 4 is 27.9 Å². The Hall–Kier alpha value is -1.62. The van der Waals surface area contributed by atoms with E-state index in [4.69, 9.17) is 9.47 Å². The first kappa shape index (κ1) is 19.7. The second kappa shape index (κ2) is 7.33. The summed E-state index contributed by atoms with van der Waals surface area (Å²) >= 11 is 3.40. The van der Waals surface area contributed by atoms with Crippen LogP contribution in [0.1, 0.15) is 45.1 Å². The predicted molar refractivity (Wildman–Crippen MR) is 109 cm³/mol. The summed E-state index contributed by atoms with van der Waals surface area (Å²) in [6.45, 7) is 8.23. The van der Waals surface area contributed by atoms with E-state index < -0.39 is 0 Å². The average molecular weight is 447 g/mol. The number of hydrogen-bond acceptors (Lipinski definition) is 4. The average Bonchev–Trinajstić information content (AvgIpc) is 3.12. The van der Waals surface area contributed by atoms with Crippen LogP contribution in [0.25, 0.3) is 0 Å². The fourth-order valence-electron chi connectivity index (χ4n) is 5.40. The van der Waals surface area contributed by atoms with Crippen LogP contribution in [0.4, 0.5) is 0 Å². The molecule has 0 radical (unpaired) electrons. The van der Waals surface area contributed by atoms with Gasteiger partial charge < -0.3 is 9.47 Å². The lowest BCUT2D eigenvalue weighted by molar-refractivity contribution is -0.147. The minimum Gasteiger partial charge on any atom is -0.462 e. The Morgan fingerprint density at radius 3 is 2.82 bits per heavy atom. The molecular weight excluding hydrogens is 420 g/mol. The summed E-state index contributed by atoms with van der Waals surface area (Å²) in [6.07, 6.45) is 4.11. The minimum atomic E-state index is -0.206. The van der Waals surface area contributed by atoms with Gasteiger partial charge in [-0.2, -0.15) is 0 Å². The Labute approximate surface area is 174 Å². The molecule has 1 heterocycles. The zero-order valence-corrected chi connectivity index (χ0v) is 18.0. The van der Waals surface area contributed by atoms with Crippen molar-refractivity contribution in [1.82, 2.24) is 0 Å². The van der Waals surface area contributed by atoms with Gasteiger partial charge in [-0.1, -0.05) is 41.6 Å². The maximum Gasteiger partial charge on any atom is 0.334 e. The van der Waals surface area contributed by atoms with Crippen LogP contribution < -0.4 is 0 Å². The molecule has 6 atom stereocenters. The van der Waals surface area contributed by atoms with Gasteiger partial charge in [-0.3, -0.25) is 4.79 Å². The summed E-state index contributed by atoms with van der Waals surface area (Å²) in [5.41, 5.74) is 1.88. The van der Waals surface area contributed by atoms with Gasteiger partial charge in [0.25, 0.3) is 0 Å². The molecule has 0 aromatic heterocycles. The van der Waals surface area contributed by atoms with Crippen molar-refractivity contribution in [2.75, 3.05) is 0 Å². The topological polar surface area (TPSA) is 52.6 Å². The van der Waals surface area contributed by atoms with Gasteiger partial charge in [0.2, 0.25) is 0 Å². The van der Waals surface area contributed by atoms with Gasteiger partial charge in [0, 0.05) is 16.0 Å². The summed E-state index contributed by atoms with van der Waals surface area (Å²) in [4.78, 5) is 23.9. The molecule has 0 spiro atoms. The van der Waals surface area contributed by atoms with Gasteiger partial charge in [-0.15, -0.1) is 0 Å². The van der Waals surface area contributed by atoms with E-state index in [-0.39, 0.29) is 35.5 Å². The quantitative estimate of drug-likeness (QED) is 0.462. The molecule has 0 bridgehead atoms. The zero-order valence-electron chi connectivity index (χ0n) is 16.4. The second-order valence-corrected chi connectivity index (χ2v) is 9.83. The highest BCUT2D eigenvalue weighted by atomic mass is 79.9. The molecule has 0 N–H and O–H groups in total. The summed E-state index contributed by atoms with van der Waals surface area (Å²) in [5.74, 6) is 1.08. The molecule has 3 fully saturated rings. The largest absolute Gasteiger partial charge is 0.462 e. The van der Waals surface area contributed by atoms with Gasteiger partial charge in [0.05, 0.1) is 12.5 Å². The molecule has 2 aliphatic carbocycles. The third-order valence-corrected chi connectivity index (χ3v) is 7.64. The molecule has 4 nitrogen and oxygen atoms in total. The smallest absolute Gasteiger partial charge is 0.334 e. The number of carbonyl (C=O) groups is 2. The highest BCUT2D eigenvalue weighted by Crippen LogP contribution is 2.70. The van der Waals surface area contributed by atoms with E-state index in [1.807, 2.05) is 31.2 Å². The van der Waals surface area contributed by atoms with Gasteiger partial charge in [-0.25, -0.2) is 4.79 Å². The van der Waals surface area contributed by atoms with E-state index in [0.29, 0.717) is 23.8 Å². The summed E-state index contributed by atoms with van der Waals surface area (Å²) in [7, 11) is 0. The summed E-state index contributed by atoms with van der Waals surface area (Å²) in [5, 5.41) is 0. The highest BCUT2D eigenvalue weighted by Gasteiger charge is 2.66. The first-order valence-corrected chi connectivity index (χ1v) is 10.9. The number of rotatable bonds is 6. The number of hydrogen-bond donors (Lipinski definition) is 0. The lowest BCUT2D eigenvalue weighted by atomic mass is 9.79. The normalized spacial score (nSPS) is 34.2. The van der Waals surface area contributed by atoms with E-state index in [9.17, 15) is 9.59 Å². The number of fused-ring (bicyclic) bond motifs is 2. The fourth-order valence-corrected chi connectivity index (χ4v) is 5.66. The van der Waals surface area contributed by atoms with Crippen LogP contribution in [0, 0.1) is 23.2 Å². The van der Waals surface area contributed by atoms with Crippen molar-refractivity contribution in [3.05, 3.63) is 46.5 Å². The molecule has 1 aliphatic heterocycles. The van der Waals surface area contributed by atoms with Crippen LogP contribution in [0.2, 0.25) is 0 Å². The summed E-state index contributed by atoms with van der Waals surface area (Å²) < 4.78 is 12.1. The second-order valence-electron chi connectivity index (χ2n) is 8.92. The number of benzene rings is 1. The van der Waals surface area contributed by atoms with Crippen molar-refractivity contribution in [2.24, 2.45) is 23.2 Å². The minimum absolute atomic E-state index is 0.0208. The van der Waals surface area contributed by atoms with Crippen LogP contribution in [0.15, 0.2) is 40.9 Å². The number of ether oxygens (including phenoxy) is 2. The molecule has 3 aliphatic rings. The Kier molecular flexibility index (Phi) is 5.15. The summed E-state index contributed by atoms with van der Waals surface area (Å²) in [6, 6.07) is 7.73. The van der Waals surface area contributed by atoms with E-state index in [0.717, 1.165) is 35.7 Å². The van der Waals surface area contributed by atoms with E-state index in [1.54, 1.807) is 0 Å². The Bertz CT molecular complexity index is 801. The SMILES string of the molecule is C=C1C(=O)O[C@@H]2C[C@]3(C)C(CCC(C)OC(=O)Cc4ccc(Br)cc4)[C@@H]3C[C@H]12. The predicted octanol–water partition coefficient (Wildman–Crippen LogP) is 4.85. The van der Waals surface area contributed by atoms with E-state index in [2.05, 4.69) is 29.4 Å². The molecule has 1 aromatic rings. The van der Waals surface area contributed by atoms with E-state index >= 15 is 0 Å². The van der Waals surface area contributed by atoms with Crippen LogP contribution in [0.3, 0.4) is 0 Å². The molecule has 1 saturated heterocycles. The van der Waals surface area contributed by atoms with Gasteiger partial charge in [0.15, 0.2) is 0 Å².